The van der Waals surface area contributed by atoms with Gasteiger partial charge in [0, 0.05) is 43.1 Å². The number of carboxylic acid groups (broad SMARTS) is 1. The molecule has 3 aromatic rings. The van der Waals surface area contributed by atoms with Crippen molar-refractivity contribution in [2.24, 2.45) is 0 Å². The highest BCUT2D eigenvalue weighted by Crippen LogP contribution is 2.40. The molecule has 6 rings (SSSR count). The Bertz CT molecular complexity index is 1730. The fraction of sp³-hybridized carbons (Fsp3) is 0.395. The zero-order chi connectivity index (χ0) is 34.5. The third-order valence-electron chi connectivity index (χ3n) is 9.56. The molecule has 0 radical (unpaired) electrons. The van der Waals surface area contributed by atoms with Gasteiger partial charge >= 0.3 is 5.97 Å². The Morgan fingerprint density at radius 2 is 1.63 bits per heavy atom. The van der Waals surface area contributed by atoms with E-state index in [-0.39, 0.29) is 55.3 Å². The van der Waals surface area contributed by atoms with Crippen LogP contribution in [-0.2, 0) is 27.2 Å². The second-order valence-electron chi connectivity index (χ2n) is 13.3. The zero-order valence-corrected chi connectivity index (χ0v) is 27.2. The lowest BCUT2D eigenvalue weighted by Crippen LogP contribution is -2.62. The minimum Gasteiger partial charge on any atom is -0.488 e. The Hall–Kier alpha value is -4.64. The Kier molecular flexibility index (Phi) is 10.4. The van der Waals surface area contributed by atoms with Crippen molar-refractivity contribution in [1.82, 2.24) is 15.5 Å². The summed E-state index contributed by atoms with van der Waals surface area (Å²) in [6.07, 6.45) is 4.35. The minimum absolute atomic E-state index is 0.000193. The monoisotopic (exact) mass is 675 g/mol. The van der Waals surface area contributed by atoms with Crippen LogP contribution in [0.1, 0.15) is 61.6 Å². The molecule has 0 aromatic heterocycles. The van der Waals surface area contributed by atoms with Crippen molar-refractivity contribution in [2.75, 3.05) is 19.7 Å². The summed E-state index contributed by atoms with van der Waals surface area (Å²) in [5.41, 5.74) is 4.23. The quantitative estimate of drug-likeness (QED) is 0.152. The number of amides is 2. The number of ether oxygens (including phenoxy) is 1. The van der Waals surface area contributed by atoms with Gasteiger partial charge in [-0.25, -0.2) is 8.78 Å². The lowest BCUT2D eigenvalue weighted by atomic mass is 9.82. The molecular weight excluding hydrogens is 635 g/mol. The standard InChI is InChI=1S/C38H40F3N3O5/c39-29-15-16-30(40)36(35(29)41)49-19-5-8-24-11-13-26(14-12-24)28-20-27-22-44(32(45)9-4-10-33(46)47)23-31(42-27)34(28)37(48)43-38(17-18-38)21-25-6-2-1-3-7-25/h1-3,6-7,11-16,27,31,42H,4-5,8-10,17-23H2,(H,43,48)(H,46,47)/t27-,31-/m1/s1. The second-order valence-corrected chi connectivity index (χ2v) is 13.3. The normalized spacial score (nSPS) is 19.4. The zero-order valence-electron chi connectivity index (χ0n) is 27.2. The van der Waals surface area contributed by atoms with Crippen molar-refractivity contribution in [3.05, 3.63) is 106 Å². The van der Waals surface area contributed by atoms with Crippen LogP contribution in [0, 0.1) is 17.5 Å². The molecule has 0 unspecified atom stereocenters. The van der Waals surface area contributed by atoms with Crippen LogP contribution in [-0.4, -0.2) is 65.1 Å². The van der Waals surface area contributed by atoms with E-state index in [1.165, 1.54) is 0 Å². The predicted molar refractivity (Wildman–Crippen MR) is 177 cm³/mol. The first-order valence-corrected chi connectivity index (χ1v) is 16.8. The average Bonchev–Trinajstić information content (AvgIpc) is 3.84. The lowest BCUT2D eigenvalue weighted by Gasteiger charge is -2.44. The molecule has 1 aliphatic carbocycles. The van der Waals surface area contributed by atoms with Gasteiger partial charge in [-0.15, -0.1) is 0 Å². The van der Waals surface area contributed by atoms with Crippen molar-refractivity contribution >= 4 is 23.4 Å². The van der Waals surface area contributed by atoms with Crippen LogP contribution in [0.5, 0.6) is 5.75 Å². The van der Waals surface area contributed by atoms with E-state index < -0.39 is 29.2 Å². The molecular formula is C38H40F3N3O5. The van der Waals surface area contributed by atoms with Gasteiger partial charge in [0.25, 0.3) is 0 Å². The number of carbonyl (C=O) groups excluding carboxylic acids is 2. The highest BCUT2D eigenvalue weighted by molar-refractivity contribution is 6.03. The summed E-state index contributed by atoms with van der Waals surface area (Å²) in [6.45, 7) is 0.772. The second kappa shape index (κ2) is 14.9. The molecule has 2 bridgehead atoms. The first kappa shape index (κ1) is 34.2. The van der Waals surface area contributed by atoms with Gasteiger partial charge in [0.15, 0.2) is 17.4 Å². The van der Waals surface area contributed by atoms with Crippen LogP contribution < -0.4 is 15.4 Å². The third kappa shape index (κ3) is 8.33. The number of rotatable bonds is 14. The molecule has 0 spiro atoms. The van der Waals surface area contributed by atoms with Crippen molar-refractivity contribution < 1.29 is 37.4 Å². The molecule has 2 heterocycles. The van der Waals surface area contributed by atoms with Gasteiger partial charge in [-0.2, -0.15) is 4.39 Å². The maximum atomic E-state index is 14.2. The number of carboxylic acids is 1. The predicted octanol–water partition coefficient (Wildman–Crippen LogP) is 5.59. The highest BCUT2D eigenvalue weighted by atomic mass is 19.2. The largest absolute Gasteiger partial charge is 0.488 e. The van der Waals surface area contributed by atoms with Crippen LogP contribution >= 0.6 is 0 Å². The Labute approximate surface area is 283 Å². The molecule has 2 atom stereocenters. The minimum atomic E-state index is -1.34. The average molecular weight is 676 g/mol. The fourth-order valence-electron chi connectivity index (χ4n) is 6.89. The van der Waals surface area contributed by atoms with Crippen LogP contribution in [0.2, 0.25) is 0 Å². The Morgan fingerprint density at radius 3 is 2.35 bits per heavy atom. The summed E-state index contributed by atoms with van der Waals surface area (Å²) in [6, 6.07) is 19.0. The highest BCUT2D eigenvalue weighted by Gasteiger charge is 2.46. The number of piperazine rings is 1. The van der Waals surface area contributed by atoms with E-state index in [0.717, 1.165) is 47.6 Å². The maximum Gasteiger partial charge on any atom is 0.303 e. The van der Waals surface area contributed by atoms with Gasteiger partial charge in [0.1, 0.15) is 0 Å². The molecule has 2 fully saturated rings. The number of aliphatic carboxylic acids is 1. The SMILES string of the molecule is O=C(O)CCCC(=O)N1C[C@H]2CC(c3ccc(CCCOc4c(F)ccc(F)c4F)cc3)=C(C(=O)NC3(Cc4ccccc4)CC3)[C@@H](C1)N2. The van der Waals surface area contributed by atoms with Crippen LogP contribution in [0.3, 0.4) is 0 Å². The molecule has 49 heavy (non-hydrogen) atoms. The van der Waals surface area contributed by atoms with Crippen molar-refractivity contribution in [1.29, 1.82) is 0 Å². The van der Waals surface area contributed by atoms with Gasteiger partial charge in [-0.3, -0.25) is 14.4 Å². The maximum absolute atomic E-state index is 14.2. The molecule has 2 aliphatic heterocycles. The summed E-state index contributed by atoms with van der Waals surface area (Å²) in [5.74, 6) is -5.40. The van der Waals surface area contributed by atoms with Crippen LogP contribution in [0.15, 0.2) is 72.3 Å². The molecule has 1 saturated carbocycles. The lowest BCUT2D eigenvalue weighted by molar-refractivity contribution is -0.137. The van der Waals surface area contributed by atoms with E-state index in [4.69, 9.17) is 9.84 Å². The Balaban J connectivity index is 1.18. The number of aryl methyl sites for hydroxylation is 1. The van der Waals surface area contributed by atoms with E-state index in [1.54, 1.807) is 4.90 Å². The number of fused-ring (bicyclic) bond motifs is 2. The van der Waals surface area contributed by atoms with Gasteiger partial charge in [0.2, 0.25) is 17.6 Å². The van der Waals surface area contributed by atoms with E-state index in [1.807, 2.05) is 42.5 Å². The summed E-state index contributed by atoms with van der Waals surface area (Å²) >= 11 is 0. The summed E-state index contributed by atoms with van der Waals surface area (Å²) in [4.78, 5) is 40.0. The number of benzene rings is 3. The van der Waals surface area contributed by atoms with E-state index in [9.17, 15) is 27.6 Å². The van der Waals surface area contributed by atoms with Crippen molar-refractivity contribution in [2.45, 2.75) is 75.4 Å². The molecule has 258 valence electrons. The van der Waals surface area contributed by atoms with E-state index >= 15 is 0 Å². The van der Waals surface area contributed by atoms with Crippen LogP contribution in [0.25, 0.3) is 5.57 Å². The summed E-state index contributed by atoms with van der Waals surface area (Å²) < 4.78 is 46.5. The van der Waals surface area contributed by atoms with Gasteiger partial charge in [0.05, 0.1) is 12.6 Å². The molecule has 3 aromatic carbocycles. The number of hydrogen-bond donors (Lipinski definition) is 3. The number of nitrogens with zero attached hydrogens (tertiary/aromatic N) is 1. The van der Waals surface area contributed by atoms with Crippen LogP contribution in [0.4, 0.5) is 13.2 Å². The van der Waals surface area contributed by atoms with E-state index in [2.05, 4.69) is 22.8 Å². The Morgan fingerprint density at radius 1 is 0.898 bits per heavy atom. The third-order valence-corrected chi connectivity index (χ3v) is 9.56. The molecule has 8 nitrogen and oxygen atoms in total. The van der Waals surface area contributed by atoms with Gasteiger partial charge in [-0.05, 0) is 79.3 Å². The number of carbonyl (C=O) groups is 3. The fourth-order valence-corrected chi connectivity index (χ4v) is 6.89. The van der Waals surface area contributed by atoms with Gasteiger partial charge in [-0.1, -0.05) is 54.6 Å². The number of hydrogen-bond acceptors (Lipinski definition) is 5. The first-order chi connectivity index (χ1) is 23.6. The molecule has 1 saturated heterocycles. The molecule has 3 aliphatic rings. The molecule has 2 amide bonds. The summed E-state index contributed by atoms with van der Waals surface area (Å²) in [7, 11) is 0. The molecule has 3 N–H and O–H groups in total. The number of nitrogens with one attached hydrogen (secondary N) is 2. The smallest absolute Gasteiger partial charge is 0.303 e. The van der Waals surface area contributed by atoms with Gasteiger partial charge < -0.3 is 25.4 Å². The number of halogens is 3. The van der Waals surface area contributed by atoms with Crippen molar-refractivity contribution in [3.63, 3.8) is 0 Å². The topological polar surface area (TPSA) is 108 Å². The van der Waals surface area contributed by atoms with E-state index in [0.29, 0.717) is 44.0 Å². The van der Waals surface area contributed by atoms with Crippen molar-refractivity contribution in [3.8, 4) is 5.75 Å². The first-order valence-electron chi connectivity index (χ1n) is 16.8. The summed E-state index contributed by atoms with van der Waals surface area (Å²) in [5, 5.41) is 15.9. The molecule has 11 heteroatoms.